The van der Waals surface area contributed by atoms with Gasteiger partial charge in [0.2, 0.25) is 5.91 Å². The number of rotatable bonds is 3. The van der Waals surface area contributed by atoms with E-state index in [0.29, 0.717) is 16.5 Å². The smallest absolute Gasteiger partial charge is 0.316 e. The summed E-state index contributed by atoms with van der Waals surface area (Å²) < 4.78 is 5.57. The Kier molecular flexibility index (Phi) is 4.58. The number of benzene rings is 2. The van der Waals surface area contributed by atoms with Crippen LogP contribution in [0.2, 0.25) is 5.02 Å². The second-order valence-corrected chi connectivity index (χ2v) is 6.41. The zero-order valence-corrected chi connectivity index (χ0v) is 14.3. The van der Waals surface area contributed by atoms with Crippen LogP contribution in [0.1, 0.15) is 17.5 Å². The third-order valence-electron chi connectivity index (χ3n) is 4.21. The molecule has 0 unspecified atom stereocenters. The molecular weight excluding hydrogens is 326 g/mol. The van der Waals surface area contributed by atoms with E-state index in [1.807, 2.05) is 38.1 Å². The Hall–Kier alpha value is -2.33. The summed E-state index contributed by atoms with van der Waals surface area (Å²) in [6.45, 7) is 4.07. The van der Waals surface area contributed by atoms with Crippen molar-refractivity contribution in [2.24, 2.45) is 5.92 Å². The summed E-state index contributed by atoms with van der Waals surface area (Å²) >= 11 is 6.16. The molecule has 1 aliphatic heterocycles. The molecule has 0 radical (unpaired) electrons. The van der Waals surface area contributed by atoms with Crippen molar-refractivity contribution < 1.29 is 14.3 Å². The Morgan fingerprint density at radius 3 is 2.46 bits per heavy atom. The van der Waals surface area contributed by atoms with Crippen LogP contribution in [0.3, 0.4) is 0 Å². The number of halogens is 1. The minimum atomic E-state index is -0.493. The number of hydrogen-bond donors (Lipinski definition) is 0. The summed E-state index contributed by atoms with van der Waals surface area (Å²) in [5.41, 5.74) is 2.43. The molecule has 1 atom stereocenters. The Balaban J connectivity index is 1.76. The molecule has 124 valence electrons. The highest BCUT2D eigenvalue weighted by molar-refractivity contribution is 6.33. The number of carbonyl (C=O) groups is 2. The molecule has 5 heteroatoms. The molecule has 0 saturated carbocycles. The number of para-hydroxylation sites is 2. The second kappa shape index (κ2) is 6.65. The van der Waals surface area contributed by atoms with Crippen LogP contribution < -0.4 is 9.64 Å². The van der Waals surface area contributed by atoms with E-state index in [2.05, 4.69) is 0 Å². The van der Waals surface area contributed by atoms with Crippen molar-refractivity contribution >= 4 is 29.2 Å². The van der Waals surface area contributed by atoms with E-state index in [9.17, 15) is 9.59 Å². The fourth-order valence-corrected chi connectivity index (χ4v) is 3.15. The van der Waals surface area contributed by atoms with Gasteiger partial charge in [-0.1, -0.05) is 41.9 Å². The zero-order chi connectivity index (χ0) is 17.3. The molecule has 0 spiro atoms. The van der Waals surface area contributed by atoms with Crippen LogP contribution in [0.15, 0.2) is 42.5 Å². The summed E-state index contributed by atoms with van der Waals surface area (Å²) in [5.74, 6) is -0.416. The van der Waals surface area contributed by atoms with Gasteiger partial charge in [0.25, 0.3) is 0 Å². The zero-order valence-electron chi connectivity index (χ0n) is 13.6. The van der Waals surface area contributed by atoms with Crippen LogP contribution >= 0.6 is 11.6 Å². The van der Waals surface area contributed by atoms with Gasteiger partial charge >= 0.3 is 5.97 Å². The lowest BCUT2D eigenvalue weighted by Gasteiger charge is -2.18. The van der Waals surface area contributed by atoms with Crippen molar-refractivity contribution in [2.75, 3.05) is 11.4 Å². The summed E-state index contributed by atoms with van der Waals surface area (Å²) in [7, 11) is 0. The quantitative estimate of drug-likeness (QED) is 0.627. The number of anilines is 1. The van der Waals surface area contributed by atoms with Gasteiger partial charge in [-0.3, -0.25) is 9.59 Å². The lowest BCUT2D eigenvalue weighted by atomic mass is 10.1. The summed E-state index contributed by atoms with van der Waals surface area (Å²) in [4.78, 5) is 26.3. The molecule has 1 heterocycles. The van der Waals surface area contributed by atoms with Crippen LogP contribution in [-0.2, 0) is 9.59 Å². The highest BCUT2D eigenvalue weighted by atomic mass is 35.5. The topological polar surface area (TPSA) is 46.6 Å². The number of amides is 1. The van der Waals surface area contributed by atoms with Gasteiger partial charge in [0.05, 0.1) is 16.6 Å². The monoisotopic (exact) mass is 343 g/mol. The van der Waals surface area contributed by atoms with E-state index in [1.54, 1.807) is 23.1 Å². The van der Waals surface area contributed by atoms with Crippen molar-refractivity contribution in [3.63, 3.8) is 0 Å². The highest BCUT2D eigenvalue weighted by Gasteiger charge is 2.37. The fraction of sp³-hybridized carbons (Fsp3) is 0.263. The van der Waals surface area contributed by atoms with Crippen molar-refractivity contribution in [3.05, 3.63) is 58.6 Å². The molecule has 3 rings (SSSR count). The molecular formula is C19H18ClNO3. The van der Waals surface area contributed by atoms with Gasteiger partial charge in [-0.05, 0) is 37.1 Å². The van der Waals surface area contributed by atoms with E-state index >= 15 is 0 Å². The van der Waals surface area contributed by atoms with Crippen molar-refractivity contribution in [3.8, 4) is 5.75 Å². The Labute approximate surface area is 146 Å². The minimum absolute atomic E-state index is 0.119. The molecule has 0 N–H and O–H groups in total. The lowest BCUT2D eigenvalue weighted by Crippen LogP contribution is -2.27. The van der Waals surface area contributed by atoms with E-state index in [1.165, 1.54) is 0 Å². The molecule has 4 nitrogen and oxygen atoms in total. The van der Waals surface area contributed by atoms with Crippen LogP contribution in [0, 0.1) is 19.8 Å². The number of ether oxygens (including phenoxy) is 1. The maximum Gasteiger partial charge on any atom is 0.316 e. The molecule has 1 amide bonds. The molecule has 0 aromatic heterocycles. The van der Waals surface area contributed by atoms with E-state index in [0.717, 1.165) is 11.1 Å². The third-order valence-corrected chi connectivity index (χ3v) is 4.53. The van der Waals surface area contributed by atoms with Crippen LogP contribution in [-0.4, -0.2) is 18.4 Å². The first-order valence-electron chi connectivity index (χ1n) is 7.80. The Morgan fingerprint density at radius 2 is 1.79 bits per heavy atom. The standard InChI is InChI=1S/C19H18ClNO3/c1-12-6-5-7-13(2)18(12)24-19(23)14-10-17(22)21(11-14)16-9-4-3-8-15(16)20/h3-9,14H,10-11H2,1-2H3/t14-/m1/s1. The van der Waals surface area contributed by atoms with Gasteiger partial charge in [0, 0.05) is 13.0 Å². The van der Waals surface area contributed by atoms with Crippen LogP contribution in [0.5, 0.6) is 5.75 Å². The molecule has 2 aromatic carbocycles. The summed E-state index contributed by atoms with van der Waals surface area (Å²) in [5, 5.41) is 0.495. The number of aryl methyl sites for hydroxylation is 2. The average Bonchev–Trinajstić information content (AvgIpc) is 2.93. The third kappa shape index (κ3) is 3.15. The molecule has 1 aliphatic rings. The molecule has 0 aliphatic carbocycles. The van der Waals surface area contributed by atoms with E-state index in [4.69, 9.17) is 16.3 Å². The Morgan fingerprint density at radius 1 is 1.12 bits per heavy atom. The average molecular weight is 344 g/mol. The predicted molar refractivity (Wildman–Crippen MR) is 93.5 cm³/mol. The summed E-state index contributed by atoms with van der Waals surface area (Å²) in [6.07, 6.45) is 0.134. The Bertz CT molecular complexity index is 783. The molecule has 2 aromatic rings. The molecule has 24 heavy (non-hydrogen) atoms. The normalized spacial score (nSPS) is 17.2. The fourth-order valence-electron chi connectivity index (χ4n) is 2.91. The second-order valence-electron chi connectivity index (χ2n) is 6.00. The SMILES string of the molecule is Cc1cccc(C)c1OC(=O)[C@@H]1CC(=O)N(c2ccccc2Cl)C1. The van der Waals surface area contributed by atoms with E-state index < -0.39 is 5.92 Å². The molecule has 1 fully saturated rings. The van der Waals surface area contributed by atoms with Gasteiger partial charge in [-0.25, -0.2) is 0 Å². The van der Waals surface area contributed by atoms with Crippen molar-refractivity contribution in [2.45, 2.75) is 20.3 Å². The maximum atomic E-state index is 12.5. The number of esters is 1. The van der Waals surface area contributed by atoms with Crippen molar-refractivity contribution in [1.82, 2.24) is 0 Å². The maximum absolute atomic E-state index is 12.5. The number of carbonyl (C=O) groups excluding carboxylic acids is 2. The molecule has 0 bridgehead atoms. The van der Waals surface area contributed by atoms with Gasteiger partial charge < -0.3 is 9.64 Å². The van der Waals surface area contributed by atoms with E-state index in [-0.39, 0.29) is 24.8 Å². The van der Waals surface area contributed by atoms with Crippen LogP contribution in [0.25, 0.3) is 0 Å². The van der Waals surface area contributed by atoms with Gasteiger partial charge in [-0.15, -0.1) is 0 Å². The van der Waals surface area contributed by atoms with Crippen molar-refractivity contribution in [1.29, 1.82) is 0 Å². The summed E-state index contributed by atoms with van der Waals surface area (Å²) in [6, 6.07) is 12.8. The first-order chi connectivity index (χ1) is 11.5. The predicted octanol–water partition coefficient (Wildman–Crippen LogP) is 3.92. The lowest BCUT2D eigenvalue weighted by molar-refractivity contribution is -0.139. The van der Waals surface area contributed by atoms with Gasteiger partial charge in [0.15, 0.2) is 0 Å². The first-order valence-corrected chi connectivity index (χ1v) is 8.18. The molecule has 1 saturated heterocycles. The van der Waals surface area contributed by atoms with Crippen LogP contribution in [0.4, 0.5) is 5.69 Å². The first kappa shape index (κ1) is 16.5. The number of nitrogens with zero attached hydrogens (tertiary/aromatic N) is 1. The minimum Gasteiger partial charge on any atom is -0.426 e. The van der Waals surface area contributed by atoms with Gasteiger partial charge in [-0.2, -0.15) is 0 Å². The van der Waals surface area contributed by atoms with Gasteiger partial charge in [0.1, 0.15) is 5.75 Å². The number of hydrogen-bond acceptors (Lipinski definition) is 3. The largest absolute Gasteiger partial charge is 0.426 e. The highest BCUT2D eigenvalue weighted by Crippen LogP contribution is 2.32.